The number of halogens is 4. The highest BCUT2D eigenvalue weighted by Gasteiger charge is 2.37. The van der Waals surface area contributed by atoms with Gasteiger partial charge in [0.1, 0.15) is 5.57 Å². The number of nitrogens with one attached hydrogen (secondary N) is 1. The van der Waals surface area contributed by atoms with Gasteiger partial charge in [0.25, 0.3) is 11.8 Å². The van der Waals surface area contributed by atoms with Gasteiger partial charge in [0.05, 0.1) is 27.3 Å². The van der Waals surface area contributed by atoms with Crippen LogP contribution in [-0.2, 0) is 15.8 Å². The van der Waals surface area contributed by atoms with E-state index < -0.39 is 45.9 Å². The average molecular weight is 648 g/mol. The minimum atomic E-state index is -4.81. The lowest BCUT2D eigenvalue weighted by molar-refractivity contribution is -0.385. The molecule has 1 saturated heterocycles. The molecule has 0 radical (unpaired) electrons. The summed E-state index contributed by atoms with van der Waals surface area (Å²) in [5.41, 5.74) is -0.251. The van der Waals surface area contributed by atoms with Crippen LogP contribution in [0.25, 0.3) is 6.08 Å². The van der Waals surface area contributed by atoms with Crippen molar-refractivity contribution in [3.63, 3.8) is 0 Å². The van der Waals surface area contributed by atoms with Crippen LogP contribution in [0.2, 0.25) is 0 Å². The average Bonchev–Trinajstić information content (AvgIpc) is 2.90. The molecule has 0 atom stereocenters. The summed E-state index contributed by atoms with van der Waals surface area (Å²) in [5.74, 6) is -2.39. The van der Waals surface area contributed by atoms with Gasteiger partial charge in [0.2, 0.25) is 5.75 Å². The van der Waals surface area contributed by atoms with Gasteiger partial charge in [-0.25, -0.2) is 9.69 Å². The van der Waals surface area contributed by atoms with E-state index in [0.717, 1.165) is 22.1 Å². The molecule has 0 aromatic heterocycles. The molecule has 3 aromatic rings. The molecule has 4 rings (SSSR count). The third kappa shape index (κ3) is 6.12. The summed E-state index contributed by atoms with van der Waals surface area (Å²) in [7, 11) is 0. The number of anilines is 1. The van der Waals surface area contributed by atoms with Gasteiger partial charge < -0.3 is 9.47 Å². The number of nitrogens with zero attached hydrogens (tertiary/aromatic N) is 2. The Hall–Kier alpha value is -4.72. The zero-order valence-electron chi connectivity index (χ0n) is 22.2. The molecule has 1 aliphatic heterocycles. The molecule has 1 heterocycles. The maximum atomic E-state index is 13.3. The smallest absolute Gasteiger partial charge is 0.416 e. The van der Waals surface area contributed by atoms with Crippen molar-refractivity contribution >= 4 is 51.2 Å². The van der Waals surface area contributed by atoms with Gasteiger partial charge in [-0.1, -0.05) is 6.07 Å². The molecule has 14 heteroatoms. The van der Waals surface area contributed by atoms with E-state index >= 15 is 0 Å². The van der Waals surface area contributed by atoms with E-state index in [0.29, 0.717) is 12.1 Å². The number of imide groups is 2. The van der Waals surface area contributed by atoms with Gasteiger partial charge in [0, 0.05) is 6.07 Å². The highest BCUT2D eigenvalue weighted by molar-refractivity contribution is 9.10. The number of nitro benzene ring substituents is 1. The fourth-order valence-electron chi connectivity index (χ4n) is 3.99. The third-order valence-electron chi connectivity index (χ3n) is 6.19. The first-order chi connectivity index (χ1) is 19.7. The number of barbiturate groups is 1. The summed E-state index contributed by atoms with van der Waals surface area (Å²) < 4.78 is 50.7. The van der Waals surface area contributed by atoms with Crippen molar-refractivity contribution < 1.29 is 42.0 Å². The van der Waals surface area contributed by atoms with E-state index in [1.165, 1.54) is 18.2 Å². The number of ether oxygens (including phenoxy) is 2. The monoisotopic (exact) mass is 647 g/mol. The topological polar surface area (TPSA) is 128 Å². The van der Waals surface area contributed by atoms with Crippen LogP contribution in [0.5, 0.6) is 17.2 Å². The largest absolute Gasteiger partial charge is 0.490 e. The summed E-state index contributed by atoms with van der Waals surface area (Å²) in [6.45, 7) is 5.40. The summed E-state index contributed by atoms with van der Waals surface area (Å²) in [6, 6.07) is 8.62. The van der Waals surface area contributed by atoms with E-state index in [2.05, 4.69) is 21.2 Å². The normalized spacial score (nSPS) is 14.7. The van der Waals surface area contributed by atoms with Crippen LogP contribution in [-0.4, -0.2) is 29.4 Å². The van der Waals surface area contributed by atoms with Crippen molar-refractivity contribution in [2.24, 2.45) is 0 Å². The fraction of sp³-hybridized carbons (Fsp3) is 0.179. The molecule has 0 saturated carbocycles. The Bertz CT molecular complexity index is 1670. The number of hydrogen-bond acceptors (Lipinski definition) is 7. The number of carbonyl (C=O) groups excluding carboxylic acids is 3. The maximum Gasteiger partial charge on any atom is 0.416 e. The molecule has 42 heavy (non-hydrogen) atoms. The molecule has 1 fully saturated rings. The number of carbonyl (C=O) groups is 3. The third-order valence-corrected chi connectivity index (χ3v) is 6.78. The van der Waals surface area contributed by atoms with Crippen LogP contribution < -0.4 is 19.7 Å². The first-order valence-electron chi connectivity index (χ1n) is 12.2. The number of nitro groups is 1. The molecule has 0 aliphatic carbocycles. The Kier molecular flexibility index (Phi) is 8.38. The zero-order chi connectivity index (χ0) is 30.9. The number of aryl methyl sites for hydroxylation is 2. The van der Waals surface area contributed by atoms with E-state index in [9.17, 15) is 37.7 Å². The molecular weight excluding hydrogens is 627 g/mol. The summed E-state index contributed by atoms with van der Waals surface area (Å²) in [5, 5.41) is 13.7. The number of hydrogen-bond donors (Lipinski definition) is 1. The highest BCUT2D eigenvalue weighted by atomic mass is 79.9. The van der Waals surface area contributed by atoms with Crippen molar-refractivity contribution in [1.29, 1.82) is 0 Å². The van der Waals surface area contributed by atoms with Crippen molar-refractivity contribution in [3.05, 3.63) is 90.9 Å². The number of rotatable bonds is 7. The fourth-order valence-corrected chi connectivity index (χ4v) is 4.53. The Balaban J connectivity index is 1.74. The molecule has 1 N–H and O–H groups in total. The zero-order valence-corrected chi connectivity index (χ0v) is 23.8. The summed E-state index contributed by atoms with van der Waals surface area (Å²) in [6.07, 6.45) is -3.59. The van der Waals surface area contributed by atoms with Crippen LogP contribution in [0, 0.1) is 24.0 Å². The van der Waals surface area contributed by atoms with Gasteiger partial charge in [-0.3, -0.25) is 25.0 Å². The lowest BCUT2D eigenvalue weighted by atomic mass is 10.0. The predicted molar refractivity (Wildman–Crippen MR) is 148 cm³/mol. The van der Waals surface area contributed by atoms with Crippen LogP contribution in [0.15, 0.2) is 58.6 Å². The Morgan fingerprint density at radius 2 is 1.74 bits per heavy atom. The molecule has 1 aliphatic rings. The molecule has 3 aromatic carbocycles. The number of benzene rings is 3. The van der Waals surface area contributed by atoms with Crippen LogP contribution in [0.1, 0.15) is 29.2 Å². The molecule has 0 bridgehead atoms. The number of amides is 4. The van der Waals surface area contributed by atoms with Crippen molar-refractivity contribution in [2.45, 2.75) is 26.9 Å². The van der Waals surface area contributed by atoms with Crippen LogP contribution in [0.3, 0.4) is 0 Å². The molecular formula is C28H21BrF3N3O7. The minimum Gasteiger partial charge on any atom is -0.490 e. The van der Waals surface area contributed by atoms with Crippen LogP contribution >= 0.6 is 15.9 Å². The molecule has 4 amide bonds. The van der Waals surface area contributed by atoms with Gasteiger partial charge in [-0.2, -0.15) is 13.2 Å². The first-order valence-corrected chi connectivity index (χ1v) is 13.0. The van der Waals surface area contributed by atoms with Gasteiger partial charge >= 0.3 is 17.9 Å². The Labute approximate surface area is 245 Å². The Morgan fingerprint density at radius 1 is 1.02 bits per heavy atom. The second-order valence-electron chi connectivity index (χ2n) is 9.03. The van der Waals surface area contributed by atoms with E-state index in [4.69, 9.17) is 9.47 Å². The van der Waals surface area contributed by atoms with E-state index in [-0.39, 0.29) is 39.4 Å². The second kappa shape index (κ2) is 11.6. The number of urea groups is 1. The summed E-state index contributed by atoms with van der Waals surface area (Å²) >= 11 is 3.27. The highest BCUT2D eigenvalue weighted by Crippen LogP contribution is 2.44. The van der Waals surface area contributed by atoms with Gasteiger partial charge in [-0.05, 0) is 95.9 Å². The standard InChI is InChI=1S/C28H21BrF3N3O7/c1-4-41-23-12-16(10-19-25(36)33-27(38)34(26(19)37)18-7-5-14(2)15(3)9-18)11-20(29)24(23)42-22-8-6-17(28(30,31)32)13-21(22)35(39)40/h5-13H,4H2,1-3H3,(H,33,36,38)/b19-10+. The summed E-state index contributed by atoms with van der Waals surface area (Å²) in [4.78, 5) is 49.9. The van der Waals surface area contributed by atoms with Crippen LogP contribution in [0.4, 0.5) is 29.3 Å². The number of alkyl halides is 3. The molecule has 10 nitrogen and oxygen atoms in total. The molecule has 0 unspecified atom stereocenters. The Morgan fingerprint density at radius 3 is 2.36 bits per heavy atom. The predicted octanol–water partition coefficient (Wildman–Crippen LogP) is 6.85. The lowest BCUT2D eigenvalue weighted by Gasteiger charge is -2.27. The quantitative estimate of drug-likeness (QED) is 0.128. The van der Waals surface area contributed by atoms with Gasteiger partial charge in [-0.15, -0.1) is 0 Å². The van der Waals surface area contributed by atoms with Crippen molar-refractivity contribution in [2.75, 3.05) is 11.5 Å². The second-order valence-corrected chi connectivity index (χ2v) is 9.88. The molecule has 218 valence electrons. The molecule has 0 spiro atoms. The minimum absolute atomic E-state index is 0.00122. The van der Waals surface area contributed by atoms with E-state index in [1.807, 2.05) is 13.8 Å². The van der Waals surface area contributed by atoms with Crippen molar-refractivity contribution in [1.82, 2.24) is 5.32 Å². The maximum absolute atomic E-state index is 13.3. The van der Waals surface area contributed by atoms with E-state index in [1.54, 1.807) is 25.1 Å². The SMILES string of the molecule is CCOc1cc(/C=C2\C(=O)NC(=O)N(c3ccc(C)c(C)c3)C2=O)cc(Br)c1Oc1ccc(C(F)(F)F)cc1[N+](=O)[O-]. The lowest BCUT2D eigenvalue weighted by Crippen LogP contribution is -2.54. The van der Waals surface area contributed by atoms with Crippen molar-refractivity contribution in [3.8, 4) is 17.2 Å². The first kappa shape index (κ1) is 30.2. The van der Waals surface area contributed by atoms with Gasteiger partial charge in [0.15, 0.2) is 11.5 Å².